The highest BCUT2D eigenvalue weighted by Gasteiger charge is 2.02. The minimum Gasteiger partial charge on any atom is -0.439 e. The van der Waals surface area contributed by atoms with E-state index in [4.69, 9.17) is 4.74 Å². The van der Waals surface area contributed by atoms with Crippen molar-refractivity contribution in [3.63, 3.8) is 0 Å². The average Bonchev–Trinajstić information content (AvgIpc) is 2.34. The summed E-state index contributed by atoms with van der Waals surface area (Å²) in [5, 5.41) is 0. The fourth-order valence-corrected chi connectivity index (χ4v) is 1.74. The molecule has 1 heterocycles. The van der Waals surface area contributed by atoms with Crippen LogP contribution in [0, 0.1) is 6.92 Å². The van der Waals surface area contributed by atoms with Crippen molar-refractivity contribution in [2.24, 2.45) is 0 Å². The molecule has 2 nitrogen and oxygen atoms in total. The lowest BCUT2D eigenvalue weighted by atomic mass is 10.2. The smallest absolute Gasteiger partial charge is 0.219 e. The summed E-state index contributed by atoms with van der Waals surface area (Å²) < 4.78 is 6.72. The second-order valence-electron chi connectivity index (χ2n) is 3.87. The fourth-order valence-electron chi connectivity index (χ4n) is 1.52. The van der Waals surface area contributed by atoms with Gasteiger partial charge in [0.25, 0.3) is 0 Å². The number of benzene rings is 1. The van der Waals surface area contributed by atoms with Crippen LogP contribution in [0.2, 0.25) is 0 Å². The molecular formula is C14H14BrNO. The van der Waals surface area contributed by atoms with Crippen LogP contribution >= 0.6 is 15.9 Å². The van der Waals surface area contributed by atoms with Crippen LogP contribution in [0.4, 0.5) is 0 Å². The van der Waals surface area contributed by atoms with Crippen LogP contribution in [0.15, 0.2) is 41.0 Å². The summed E-state index contributed by atoms with van der Waals surface area (Å²) in [6, 6.07) is 9.99. The van der Waals surface area contributed by atoms with Crippen LogP contribution in [0.25, 0.3) is 0 Å². The Bertz CT molecular complexity index is 525. The Labute approximate surface area is 110 Å². The third kappa shape index (κ3) is 3.07. The molecule has 0 radical (unpaired) electrons. The molecule has 1 aromatic heterocycles. The van der Waals surface area contributed by atoms with Gasteiger partial charge in [0.15, 0.2) is 0 Å². The first-order valence-electron chi connectivity index (χ1n) is 5.58. The number of pyridine rings is 1. The normalized spacial score (nSPS) is 10.3. The number of nitrogens with zero attached hydrogens (tertiary/aromatic N) is 1. The third-order valence-electron chi connectivity index (χ3n) is 2.55. The number of ether oxygens (including phenoxy) is 1. The monoisotopic (exact) mass is 291 g/mol. The molecule has 0 saturated heterocycles. The SMILES string of the molecule is CCc1cccc(Oc2cc(C)c(Br)cn2)c1. The van der Waals surface area contributed by atoms with E-state index >= 15 is 0 Å². The van der Waals surface area contributed by atoms with Crippen molar-refractivity contribution in [3.8, 4) is 11.6 Å². The van der Waals surface area contributed by atoms with Crippen LogP contribution in [0.3, 0.4) is 0 Å². The lowest BCUT2D eigenvalue weighted by Gasteiger charge is -2.07. The van der Waals surface area contributed by atoms with Crippen molar-refractivity contribution in [1.82, 2.24) is 4.98 Å². The highest BCUT2D eigenvalue weighted by molar-refractivity contribution is 9.10. The highest BCUT2D eigenvalue weighted by atomic mass is 79.9. The largest absolute Gasteiger partial charge is 0.439 e. The maximum Gasteiger partial charge on any atom is 0.219 e. The molecule has 3 heteroatoms. The molecule has 2 aromatic rings. The van der Waals surface area contributed by atoms with Gasteiger partial charge in [-0.25, -0.2) is 4.98 Å². The number of aryl methyl sites for hydroxylation is 2. The Hall–Kier alpha value is -1.35. The van der Waals surface area contributed by atoms with Gasteiger partial charge in [-0.15, -0.1) is 0 Å². The van der Waals surface area contributed by atoms with Crippen LogP contribution < -0.4 is 4.74 Å². The maximum absolute atomic E-state index is 5.72. The molecule has 0 aliphatic carbocycles. The van der Waals surface area contributed by atoms with E-state index in [0.29, 0.717) is 5.88 Å². The summed E-state index contributed by atoms with van der Waals surface area (Å²) in [6.45, 7) is 4.14. The first-order chi connectivity index (χ1) is 8.19. The van der Waals surface area contributed by atoms with E-state index in [1.165, 1.54) is 5.56 Å². The summed E-state index contributed by atoms with van der Waals surface area (Å²) in [5.41, 5.74) is 2.37. The summed E-state index contributed by atoms with van der Waals surface area (Å²) in [6.07, 6.45) is 2.76. The fraction of sp³-hybridized carbons (Fsp3) is 0.214. The van der Waals surface area contributed by atoms with E-state index in [2.05, 4.69) is 33.9 Å². The molecular weight excluding hydrogens is 278 g/mol. The number of rotatable bonds is 3. The standard InChI is InChI=1S/C14H14BrNO/c1-3-11-5-4-6-12(8-11)17-14-7-10(2)13(15)9-16-14/h4-9H,3H2,1-2H3. The second kappa shape index (κ2) is 5.32. The van der Waals surface area contributed by atoms with Gasteiger partial charge in [-0.05, 0) is 52.5 Å². The van der Waals surface area contributed by atoms with E-state index < -0.39 is 0 Å². The van der Waals surface area contributed by atoms with Crippen molar-refractivity contribution >= 4 is 15.9 Å². The zero-order valence-electron chi connectivity index (χ0n) is 9.90. The van der Waals surface area contributed by atoms with Gasteiger partial charge in [0.05, 0.1) is 0 Å². The number of aromatic nitrogens is 1. The molecule has 0 saturated carbocycles. The van der Waals surface area contributed by atoms with Gasteiger partial charge in [0, 0.05) is 16.7 Å². The molecule has 17 heavy (non-hydrogen) atoms. The van der Waals surface area contributed by atoms with E-state index in [9.17, 15) is 0 Å². The number of halogens is 1. The molecule has 0 atom stereocenters. The molecule has 1 aromatic carbocycles. The Morgan fingerprint density at radius 2 is 2.12 bits per heavy atom. The van der Waals surface area contributed by atoms with Crippen LogP contribution in [0.5, 0.6) is 11.6 Å². The molecule has 88 valence electrons. The molecule has 0 fully saturated rings. The molecule has 0 bridgehead atoms. The van der Waals surface area contributed by atoms with Gasteiger partial charge in [-0.3, -0.25) is 0 Å². The van der Waals surface area contributed by atoms with Crippen molar-refractivity contribution in [2.75, 3.05) is 0 Å². The van der Waals surface area contributed by atoms with Gasteiger partial charge < -0.3 is 4.74 Å². The van der Waals surface area contributed by atoms with Crippen molar-refractivity contribution < 1.29 is 4.74 Å². The van der Waals surface area contributed by atoms with E-state index in [1.807, 2.05) is 31.2 Å². The quantitative estimate of drug-likeness (QED) is 0.830. The third-order valence-corrected chi connectivity index (χ3v) is 3.38. The molecule has 0 amide bonds. The minimum absolute atomic E-state index is 0.624. The van der Waals surface area contributed by atoms with Gasteiger partial charge >= 0.3 is 0 Å². The lowest BCUT2D eigenvalue weighted by molar-refractivity contribution is 0.461. The first-order valence-corrected chi connectivity index (χ1v) is 6.37. The van der Waals surface area contributed by atoms with Crippen molar-refractivity contribution in [1.29, 1.82) is 0 Å². The van der Waals surface area contributed by atoms with Gasteiger partial charge in [-0.1, -0.05) is 19.1 Å². The molecule has 0 N–H and O–H groups in total. The summed E-state index contributed by atoms with van der Waals surface area (Å²) in [4.78, 5) is 4.22. The predicted molar refractivity (Wildman–Crippen MR) is 72.6 cm³/mol. The Morgan fingerprint density at radius 1 is 1.29 bits per heavy atom. The highest BCUT2D eigenvalue weighted by Crippen LogP contribution is 2.24. The van der Waals surface area contributed by atoms with Crippen LogP contribution in [0.1, 0.15) is 18.1 Å². The summed E-state index contributed by atoms with van der Waals surface area (Å²) in [5.74, 6) is 1.46. The molecule has 0 aliphatic rings. The minimum atomic E-state index is 0.624. The van der Waals surface area contributed by atoms with Gasteiger partial charge in [0.1, 0.15) is 5.75 Å². The zero-order chi connectivity index (χ0) is 12.3. The lowest BCUT2D eigenvalue weighted by Crippen LogP contribution is -1.90. The van der Waals surface area contributed by atoms with Gasteiger partial charge in [-0.2, -0.15) is 0 Å². The summed E-state index contributed by atoms with van der Waals surface area (Å²) in [7, 11) is 0. The second-order valence-corrected chi connectivity index (χ2v) is 4.73. The molecule has 2 rings (SSSR count). The maximum atomic E-state index is 5.72. The molecule has 0 unspecified atom stereocenters. The average molecular weight is 292 g/mol. The molecule has 0 spiro atoms. The Morgan fingerprint density at radius 3 is 2.82 bits per heavy atom. The topological polar surface area (TPSA) is 22.1 Å². The van der Waals surface area contributed by atoms with Crippen molar-refractivity contribution in [2.45, 2.75) is 20.3 Å². The number of hydrogen-bond donors (Lipinski definition) is 0. The van der Waals surface area contributed by atoms with Gasteiger partial charge in [0.2, 0.25) is 5.88 Å². The summed E-state index contributed by atoms with van der Waals surface area (Å²) >= 11 is 3.42. The van der Waals surface area contributed by atoms with E-state index in [0.717, 1.165) is 22.2 Å². The van der Waals surface area contributed by atoms with Crippen LogP contribution in [-0.2, 0) is 6.42 Å². The molecule has 0 aliphatic heterocycles. The van der Waals surface area contributed by atoms with Crippen molar-refractivity contribution in [3.05, 3.63) is 52.1 Å². The number of hydrogen-bond acceptors (Lipinski definition) is 2. The Kier molecular flexibility index (Phi) is 3.79. The van der Waals surface area contributed by atoms with E-state index in [1.54, 1.807) is 6.20 Å². The Balaban J connectivity index is 2.22. The predicted octanol–water partition coefficient (Wildman–Crippen LogP) is 4.51. The van der Waals surface area contributed by atoms with Crippen LogP contribution in [-0.4, -0.2) is 4.98 Å². The zero-order valence-corrected chi connectivity index (χ0v) is 11.5. The van der Waals surface area contributed by atoms with E-state index in [-0.39, 0.29) is 0 Å². The first kappa shape index (κ1) is 12.1.